The van der Waals surface area contributed by atoms with Gasteiger partial charge in [0.1, 0.15) is 0 Å². The predicted molar refractivity (Wildman–Crippen MR) is 51.1 cm³/mol. The second kappa shape index (κ2) is 2.95. The minimum Gasteiger partial charge on any atom is -0.326 e. The van der Waals surface area contributed by atoms with Crippen molar-refractivity contribution in [3.8, 4) is 0 Å². The number of anilines is 3. The molecule has 0 bridgehead atoms. The van der Waals surface area contributed by atoms with Crippen LogP contribution in [-0.2, 0) is 4.79 Å². The molecule has 0 radical (unpaired) electrons. The quantitative estimate of drug-likeness (QED) is 0.516. The van der Waals surface area contributed by atoms with Gasteiger partial charge in [0, 0.05) is 12.6 Å². The molecule has 0 saturated heterocycles. The zero-order valence-corrected chi connectivity index (χ0v) is 7.14. The molecule has 68 valence electrons. The van der Waals surface area contributed by atoms with Crippen molar-refractivity contribution >= 4 is 23.0 Å². The fourth-order valence-corrected chi connectivity index (χ4v) is 1.20. The van der Waals surface area contributed by atoms with E-state index in [4.69, 9.17) is 0 Å². The maximum absolute atomic E-state index is 10.8. The van der Waals surface area contributed by atoms with Crippen molar-refractivity contribution in [2.75, 3.05) is 16.2 Å². The fourth-order valence-electron chi connectivity index (χ4n) is 1.20. The average Bonchev–Trinajstić information content (AvgIpc) is 2.49. The summed E-state index contributed by atoms with van der Waals surface area (Å²) >= 11 is 0. The van der Waals surface area contributed by atoms with Crippen molar-refractivity contribution in [3.63, 3.8) is 0 Å². The van der Waals surface area contributed by atoms with Gasteiger partial charge in [-0.1, -0.05) is 0 Å². The number of amides is 1. The topological polar surface area (TPSA) is 65.2 Å². The van der Waals surface area contributed by atoms with Crippen LogP contribution in [-0.4, -0.2) is 5.91 Å². The van der Waals surface area contributed by atoms with Crippen molar-refractivity contribution in [1.82, 2.24) is 5.53 Å². The molecule has 0 aliphatic carbocycles. The molecule has 1 heterocycles. The molecule has 0 spiro atoms. The van der Waals surface area contributed by atoms with E-state index in [9.17, 15) is 4.79 Å². The smallest absolute Gasteiger partial charge is 0.221 e. The van der Waals surface area contributed by atoms with E-state index < -0.39 is 0 Å². The highest BCUT2D eigenvalue weighted by Crippen LogP contribution is 2.27. The molecule has 0 unspecified atom stereocenters. The van der Waals surface area contributed by atoms with Gasteiger partial charge in [0.25, 0.3) is 0 Å². The van der Waals surface area contributed by atoms with Crippen LogP contribution in [0, 0.1) is 0 Å². The van der Waals surface area contributed by atoms with E-state index in [1.807, 2.05) is 18.2 Å². The molecule has 1 aromatic rings. The van der Waals surface area contributed by atoms with Gasteiger partial charge in [-0.05, 0) is 18.2 Å². The van der Waals surface area contributed by atoms with E-state index in [1.165, 1.54) is 6.92 Å². The molecule has 0 fully saturated rings. The number of fused-ring (bicyclic) bond motifs is 1. The molecule has 13 heavy (non-hydrogen) atoms. The minimum absolute atomic E-state index is 0.0705. The zero-order valence-electron chi connectivity index (χ0n) is 7.14. The van der Waals surface area contributed by atoms with Crippen LogP contribution in [0.1, 0.15) is 6.92 Å². The van der Waals surface area contributed by atoms with Crippen LogP contribution < -0.4 is 21.7 Å². The first-order chi connectivity index (χ1) is 6.25. The van der Waals surface area contributed by atoms with Gasteiger partial charge in [0.2, 0.25) is 5.91 Å². The van der Waals surface area contributed by atoms with Crippen molar-refractivity contribution < 1.29 is 4.79 Å². The Labute approximate surface area is 75.5 Å². The molecule has 1 amide bonds. The molecule has 0 aromatic heterocycles. The monoisotopic (exact) mass is 178 g/mol. The molecular formula is C8H10N4O. The van der Waals surface area contributed by atoms with Crippen LogP contribution in [0.5, 0.6) is 0 Å². The van der Waals surface area contributed by atoms with Gasteiger partial charge >= 0.3 is 0 Å². The Kier molecular flexibility index (Phi) is 1.79. The minimum atomic E-state index is -0.0705. The lowest BCUT2D eigenvalue weighted by atomic mass is 10.2. The lowest BCUT2D eigenvalue weighted by Crippen LogP contribution is -2.19. The highest BCUT2D eigenvalue weighted by Gasteiger charge is 2.08. The maximum atomic E-state index is 10.8. The van der Waals surface area contributed by atoms with Crippen LogP contribution in [0.4, 0.5) is 17.1 Å². The first kappa shape index (κ1) is 7.88. The summed E-state index contributed by atoms with van der Waals surface area (Å²) in [5.41, 5.74) is 11.2. The highest BCUT2D eigenvalue weighted by molar-refractivity contribution is 5.90. The summed E-state index contributed by atoms with van der Waals surface area (Å²) in [6.45, 7) is 1.48. The van der Waals surface area contributed by atoms with E-state index in [2.05, 4.69) is 21.7 Å². The second-order valence-electron chi connectivity index (χ2n) is 2.82. The third-order valence-electron chi connectivity index (χ3n) is 1.73. The molecule has 5 nitrogen and oxygen atoms in total. The predicted octanol–water partition coefficient (Wildman–Crippen LogP) is 0.902. The summed E-state index contributed by atoms with van der Waals surface area (Å²) in [6, 6.07) is 5.57. The zero-order chi connectivity index (χ0) is 9.26. The van der Waals surface area contributed by atoms with Gasteiger partial charge in [0.15, 0.2) is 0 Å². The Hall–Kier alpha value is -1.75. The van der Waals surface area contributed by atoms with Crippen LogP contribution >= 0.6 is 0 Å². The number of carbonyl (C=O) groups excluding carboxylic acids is 1. The molecule has 0 saturated carbocycles. The number of hydrogen-bond donors (Lipinski definition) is 4. The van der Waals surface area contributed by atoms with E-state index in [-0.39, 0.29) is 5.91 Å². The van der Waals surface area contributed by atoms with Crippen molar-refractivity contribution in [1.29, 1.82) is 0 Å². The normalized spacial score (nSPS) is 12.7. The van der Waals surface area contributed by atoms with E-state index in [0.717, 1.165) is 17.1 Å². The molecule has 1 aromatic carbocycles. The Balaban J connectivity index is 2.25. The average molecular weight is 178 g/mol. The summed E-state index contributed by atoms with van der Waals surface area (Å²) < 4.78 is 0. The summed E-state index contributed by atoms with van der Waals surface area (Å²) in [6.07, 6.45) is 0. The molecule has 4 N–H and O–H groups in total. The molecule has 5 heteroatoms. The molecule has 1 aliphatic heterocycles. The Morgan fingerprint density at radius 2 is 2.08 bits per heavy atom. The third-order valence-corrected chi connectivity index (χ3v) is 1.73. The SMILES string of the molecule is CC(=O)Nc1ccc2c(c1)NNN2. The van der Waals surface area contributed by atoms with E-state index >= 15 is 0 Å². The third kappa shape index (κ3) is 1.54. The lowest BCUT2D eigenvalue weighted by molar-refractivity contribution is -0.114. The molecule has 0 atom stereocenters. The lowest BCUT2D eigenvalue weighted by Gasteiger charge is -2.03. The van der Waals surface area contributed by atoms with Crippen LogP contribution in [0.3, 0.4) is 0 Å². The first-order valence-corrected chi connectivity index (χ1v) is 3.94. The van der Waals surface area contributed by atoms with Crippen LogP contribution in [0.15, 0.2) is 18.2 Å². The van der Waals surface area contributed by atoms with Crippen LogP contribution in [0.2, 0.25) is 0 Å². The van der Waals surface area contributed by atoms with Crippen molar-refractivity contribution in [2.45, 2.75) is 6.92 Å². The van der Waals surface area contributed by atoms with Gasteiger partial charge in [-0.3, -0.25) is 4.79 Å². The summed E-state index contributed by atoms with van der Waals surface area (Å²) in [5.74, 6) is -0.0705. The van der Waals surface area contributed by atoms with Crippen molar-refractivity contribution in [2.24, 2.45) is 0 Å². The van der Waals surface area contributed by atoms with E-state index in [1.54, 1.807) is 0 Å². The summed E-state index contributed by atoms with van der Waals surface area (Å²) in [5, 5.41) is 2.70. The Morgan fingerprint density at radius 3 is 2.85 bits per heavy atom. The van der Waals surface area contributed by atoms with Gasteiger partial charge in [-0.2, -0.15) is 0 Å². The van der Waals surface area contributed by atoms with Crippen LogP contribution in [0.25, 0.3) is 0 Å². The largest absolute Gasteiger partial charge is 0.326 e. The number of nitrogens with one attached hydrogen (secondary N) is 4. The fraction of sp³-hybridized carbons (Fsp3) is 0.125. The molecular weight excluding hydrogens is 168 g/mol. The summed E-state index contributed by atoms with van der Waals surface area (Å²) in [7, 11) is 0. The Bertz CT molecular complexity index is 350. The van der Waals surface area contributed by atoms with Crippen molar-refractivity contribution in [3.05, 3.63) is 18.2 Å². The maximum Gasteiger partial charge on any atom is 0.221 e. The van der Waals surface area contributed by atoms with Gasteiger partial charge < -0.3 is 16.2 Å². The second-order valence-corrected chi connectivity index (χ2v) is 2.82. The van der Waals surface area contributed by atoms with Gasteiger partial charge in [-0.25, -0.2) is 0 Å². The standard InChI is InChI=1S/C8H10N4O/c1-5(13)9-6-2-3-7-8(4-6)11-12-10-7/h2-4,10-12H,1H3,(H,9,13). The highest BCUT2D eigenvalue weighted by atomic mass is 16.1. The number of benzene rings is 1. The summed E-state index contributed by atoms with van der Waals surface area (Å²) in [4.78, 5) is 10.8. The number of hydrogen-bond acceptors (Lipinski definition) is 4. The van der Waals surface area contributed by atoms with Gasteiger partial charge in [-0.15, -0.1) is 5.53 Å². The number of carbonyl (C=O) groups is 1. The molecule has 1 aliphatic rings. The Morgan fingerprint density at radius 1 is 1.31 bits per heavy atom. The molecule has 2 rings (SSSR count). The first-order valence-electron chi connectivity index (χ1n) is 3.94. The van der Waals surface area contributed by atoms with E-state index in [0.29, 0.717) is 0 Å². The number of hydrazine groups is 2. The number of rotatable bonds is 1. The van der Waals surface area contributed by atoms with Gasteiger partial charge in [0.05, 0.1) is 11.4 Å².